The average molecular weight is 388 g/mol. The van der Waals surface area contributed by atoms with E-state index in [0.717, 1.165) is 42.1 Å². The topological polar surface area (TPSA) is 114 Å². The number of anilines is 3. The third-order valence-corrected chi connectivity index (χ3v) is 5.62. The Morgan fingerprint density at radius 3 is 2.56 bits per heavy atom. The van der Waals surface area contributed by atoms with E-state index in [9.17, 15) is 9.59 Å². The predicted octanol–water partition coefficient (Wildman–Crippen LogP) is 2.92. The molecule has 27 heavy (non-hydrogen) atoms. The third-order valence-electron chi connectivity index (χ3n) is 4.83. The van der Waals surface area contributed by atoms with Crippen LogP contribution >= 0.6 is 11.5 Å². The first-order chi connectivity index (χ1) is 12.9. The fraction of sp³-hybridized carbons (Fsp3) is 0.421. The number of hydrogen-bond donors (Lipinski definition) is 3. The van der Waals surface area contributed by atoms with E-state index >= 15 is 0 Å². The van der Waals surface area contributed by atoms with Gasteiger partial charge >= 0.3 is 0 Å². The van der Waals surface area contributed by atoms with Crippen molar-refractivity contribution in [2.24, 2.45) is 11.5 Å². The minimum Gasteiger partial charge on any atom is -0.368 e. The molecular formula is C19H25N5O2S. The second kappa shape index (κ2) is 8.39. The molecule has 1 aliphatic carbocycles. The monoisotopic (exact) mass is 387 g/mol. The lowest BCUT2D eigenvalue weighted by Crippen LogP contribution is -2.42. The zero-order valence-corrected chi connectivity index (χ0v) is 16.2. The molecule has 5 N–H and O–H groups in total. The molecule has 1 saturated carbocycles. The van der Waals surface area contributed by atoms with E-state index in [0.29, 0.717) is 11.3 Å². The van der Waals surface area contributed by atoms with Crippen molar-refractivity contribution in [3.05, 3.63) is 35.5 Å². The number of nitrogens with zero attached hydrogens (tertiary/aromatic N) is 2. The highest BCUT2D eigenvalue weighted by Gasteiger charge is 2.24. The van der Waals surface area contributed by atoms with Gasteiger partial charge < -0.3 is 21.7 Å². The predicted molar refractivity (Wildman–Crippen MR) is 109 cm³/mol. The SMILES string of the molecule is Cc1cc(Nc2cc(N(CC(N)=O)C3CCCCC3)ccc2C(N)=O)sn1. The third kappa shape index (κ3) is 4.77. The largest absolute Gasteiger partial charge is 0.368 e. The van der Waals surface area contributed by atoms with E-state index in [1.54, 1.807) is 6.07 Å². The van der Waals surface area contributed by atoms with Crippen molar-refractivity contribution >= 4 is 39.7 Å². The molecule has 1 fully saturated rings. The maximum Gasteiger partial charge on any atom is 0.250 e. The Bertz CT molecular complexity index is 829. The van der Waals surface area contributed by atoms with Gasteiger partial charge in [-0.25, -0.2) is 0 Å². The van der Waals surface area contributed by atoms with Crippen LogP contribution < -0.4 is 21.7 Å². The molecule has 1 heterocycles. The maximum atomic E-state index is 11.9. The highest BCUT2D eigenvalue weighted by molar-refractivity contribution is 7.10. The lowest BCUT2D eigenvalue weighted by Gasteiger charge is -2.35. The number of nitrogens with two attached hydrogens (primary N) is 2. The molecule has 8 heteroatoms. The summed E-state index contributed by atoms with van der Waals surface area (Å²) < 4.78 is 4.25. The lowest BCUT2D eigenvalue weighted by atomic mass is 9.93. The number of carbonyl (C=O) groups excluding carboxylic acids is 2. The van der Waals surface area contributed by atoms with Crippen molar-refractivity contribution in [2.45, 2.75) is 45.1 Å². The normalized spacial score (nSPS) is 14.7. The summed E-state index contributed by atoms with van der Waals surface area (Å²) in [4.78, 5) is 25.6. The molecule has 1 aromatic carbocycles. The second-order valence-electron chi connectivity index (χ2n) is 6.94. The number of aromatic nitrogens is 1. The van der Waals surface area contributed by atoms with Crippen molar-refractivity contribution < 1.29 is 9.59 Å². The molecule has 0 bridgehead atoms. The number of nitrogens with one attached hydrogen (secondary N) is 1. The lowest BCUT2D eigenvalue weighted by molar-refractivity contribution is -0.116. The Kier molecular flexibility index (Phi) is 5.95. The number of hydrogen-bond acceptors (Lipinski definition) is 6. The summed E-state index contributed by atoms with van der Waals surface area (Å²) in [5, 5.41) is 4.06. The highest BCUT2D eigenvalue weighted by Crippen LogP contribution is 2.32. The Morgan fingerprint density at radius 1 is 1.22 bits per heavy atom. The summed E-state index contributed by atoms with van der Waals surface area (Å²) in [6.07, 6.45) is 5.57. The van der Waals surface area contributed by atoms with Crippen molar-refractivity contribution in [1.29, 1.82) is 0 Å². The van der Waals surface area contributed by atoms with Gasteiger partial charge in [0.1, 0.15) is 5.00 Å². The fourth-order valence-electron chi connectivity index (χ4n) is 3.58. The van der Waals surface area contributed by atoms with E-state index < -0.39 is 5.91 Å². The van der Waals surface area contributed by atoms with Crippen LogP contribution in [0.15, 0.2) is 24.3 Å². The Balaban J connectivity index is 1.95. The van der Waals surface area contributed by atoms with Gasteiger partial charge in [0.15, 0.2) is 0 Å². The van der Waals surface area contributed by atoms with E-state index in [1.807, 2.05) is 25.1 Å². The molecule has 7 nitrogen and oxygen atoms in total. The first kappa shape index (κ1) is 19.2. The standard InChI is InChI=1S/C19H25N5O2S/c1-12-9-18(27-23-12)22-16-10-14(7-8-15(16)19(21)26)24(11-17(20)25)13-5-3-2-4-6-13/h7-10,13,22H,2-6,11H2,1H3,(H2,20,25)(H2,21,26). The van der Waals surface area contributed by atoms with Crippen LogP contribution in [0.5, 0.6) is 0 Å². The number of amides is 2. The van der Waals surface area contributed by atoms with Crippen LogP contribution in [0.3, 0.4) is 0 Å². The number of primary amides is 2. The molecule has 144 valence electrons. The zero-order chi connectivity index (χ0) is 19.4. The van der Waals surface area contributed by atoms with Gasteiger partial charge in [-0.05, 0) is 55.6 Å². The van der Waals surface area contributed by atoms with Crippen LogP contribution in [0.2, 0.25) is 0 Å². The minimum atomic E-state index is -0.510. The smallest absolute Gasteiger partial charge is 0.250 e. The molecular weight excluding hydrogens is 362 g/mol. The van der Waals surface area contributed by atoms with Crippen LogP contribution in [0.4, 0.5) is 16.4 Å². The van der Waals surface area contributed by atoms with Crippen LogP contribution in [-0.2, 0) is 4.79 Å². The summed E-state index contributed by atoms with van der Waals surface area (Å²) in [7, 11) is 0. The molecule has 2 amide bonds. The van der Waals surface area contributed by atoms with Crippen LogP contribution in [0.25, 0.3) is 0 Å². The summed E-state index contributed by atoms with van der Waals surface area (Å²) in [6, 6.07) is 7.58. The van der Waals surface area contributed by atoms with E-state index in [4.69, 9.17) is 11.5 Å². The molecule has 1 aromatic heterocycles. The fourth-order valence-corrected chi connectivity index (χ4v) is 4.25. The maximum absolute atomic E-state index is 11.9. The Hall–Kier alpha value is -2.61. The summed E-state index contributed by atoms with van der Waals surface area (Å²) in [5.41, 5.74) is 13.8. The molecule has 0 atom stereocenters. The molecule has 0 saturated heterocycles. The second-order valence-corrected chi connectivity index (χ2v) is 7.74. The summed E-state index contributed by atoms with van der Waals surface area (Å²) in [6.45, 7) is 2.06. The van der Waals surface area contributed by atoms with Crippen molar-refractivity contribution in [3.8, 4) is 0 Å². The first-order valence-electron chi connectivity index (χ1n) is 9.13. The Labute approximate surface area is 162 Å². The van der Waals surface area contributed by atoms with E-state index in [1.165, 1.54) is 18.0 Å². The van der Waals surface area contributed by atoms with Crippen molar-refractivity contribution in [3.63, 3.8) is 0 Å². The van der Waals surface area contributed by atoms with Gasteiger partial charge in [-0.2, -0.15) is 4.37 Å². The van der Waals surface area contributed by atoms with Crippen molar-refractivity contribution in [1.82, 2.24) is 4.37 Å². The first-order valence-corrected chi connectivity index (χ1v) is 9.90. The molecule has 0 unspecified atom stereocenters. The molecule has 0 radical (unpaired) electrons. The van der Waals surface area contributed by atoms with Crippen LogP contribution in [-0.4, -0.2) is 28.8 Å². The van der Waals surface area contributed by atoms with E-state index in [2.05, 4.69) is 14.6 Å². The number of carbonyl (C=O) groups is 2. The summed E-state index contributed by atoms with van der Waals surface area (Å²) in [5.74, 6) is -0.878. The zero-order valence-electron chi connectivity index (χ0n) is 15.4. The van der Waals surface area contributed by atoms with Crippen LogP contribution in [0.1, 0.15) is 48.2 Å². The number of benzene rings is 1. The van der Waals surface area contributed by atoms with Gasteiger partial charge in [-0.3, -0.25) is 9.59 Å². The number of rotatable bonds is 7. The van der Waals surface area contributed by atoms with Gasteiger partial charge in [0, 0.05) is 11.7 Å². The van der Waals surface area contributed by atoms with Crippen LogP contribution in [0, 0.1) is 6.92 Å². The molecule has 3 rings (SSSR count). The van der Waals surface area contributed by atoms with Gasteiger partial charge in [0.25, 0.3) is 5.91 Å². The number of aryl methyl sites for hydroxylation is 1. The quantitative estimate of drug-likeness (QED) is 0.676. The Morgan fingerprint density at radius 2 is 1.96 bits per heavy atom. The summed E-state index contributed by atoms with van der Waals surface area (Å²) >= 11 is 1.32. The van der Waals surface area contributed by atoms with Gasteiger partial charge in [0.05, 0.1) is 23.5 Å². The molecule has 1 aliphatic rings. The average Bonchev–Trinajstić information content (AvgIpc) is 3.05. The van der Waals surface area contributed by atoms with Gasteiger partial charge in [-0.1, -0.05) is 19.3 Å². The van der Waals surface area contributed by atoms with Crippen molar-refractivity contribution in [2.75, 3.05) is 16.8 Å². The minimum absolute atomic E-state index is 0.152. The van der Waals surface area contributed by atoms with Gasteiger partial charge in [0.2, 0.25) is 5.91 Å². The molecule has 2 aromatic rings. The van der Waals surface area contributed by atoms with Gasteiger partial charge in [-0.15, -0.1) is 0 Å². The molecule has 0 spiro atoms. The molecule has 0 aliphatic heterocycles. The van der Waals surface area contributed by atoms with E-state index in [-0.39, 0.29) is 18.5 Å². The highest BCUT2D eigenvalue weighted by atomic mass is 32.1.